The Balaban J connectivity index is 2.11. The third-order valence-electron chi connectivity index (χ3n) is 3.18. The molecular formula is C14H12FN3O. The van der Waals surface area contributed by atoms with Crippen LogP contribution in [0.15, 0.2) is 36.4 Å². The van der Waals surface area contributed by atoms with Crippen LogP contribution in [0.5, 0.6) is 0 Å². The van der Waals surface area contributed by atoms with Gasteiger partial charge in [-0.25, -0.2) is 4.39 Å². The largest absolute Gasteiger partial charge is 0.399 e. The van der Waals surface area contributed by atoms with Crippen molar-refractivity contribution in [2.75, 3.05) is 16.4 Å². The third kappa shape index (κ3) is 1.79. The molecule has 0 saturated heterocycles. The minimum atomic E-state index is -0.533. The summed E-state index contributed by atoms with van der Waals surface area (Å²) in [5.74, 6) is -0.640. The molecule has 3 rings (SSSR count). The second-order valence-electron chi connectivity index (χ2n) is 4.50. The fraction of sp³-hybridized carbons (Fsp3) is 0.0714. The molecule has 0 aliphatic carbocycles. The molecular weight excluding hydrogens is 245 g/mol. The molecule has 4 nitrogen and oxygen atoms in total. The minimum absolute atomic E-state index is 0.0629. The van der Waals surface area contributed by atoms with Gasteiger partial charge in [0.05, 0.1) is 23.5 Å². The van der Waals surface area contributed by atoms with Crippen LogP contribution in [0.2, 0.25) is 0 Å². The number of carbonyl (C=O) groups is 1. The molecule has 1 aliphatic rings. The fourth-order valence-electron chi connectivity index (χ4n) is 2.28. The SMILES string of the molecule is Nc1ccc2c(c1)CC(=O)N2c1ccc(N)c(F)c1. The van der Waals surface area contributed by atoms with Crippen molar-refractivity contribution < 1.29 is 9.18 Å². The maximum Gasteiger partial charge on any atom is 0.236 e. The third-order valence-corrected chi connectivity index (χ3v) is 3.18. The van der Waals surface area contributed by atoms with Gasteiger partial charge in [0.15, 0.2) is 0 Å². The summed E-state index contributed by atoms with van der Waals surface area (Å²) in [6.45, 7) is 0. The van der Waals surface area contributed by atoms with E-state index in [1.807, 2.05) is 0 Å². The van der Waals surface area contributed by atoms with E-state index in [0.29, 0.717) is 11.4 Å². The Morgan fingerprint density at radius 2 is 1.89 bits per heavy atom. The lowest BCUT2D eigenvalue weighted by molar-refractivity contribution is -0.116. The Morgan fingerprint density at radius 3 is 2.63 bits per heavy atom. The summed E-state index contributed by atoms with van der Waals surface area (Å²) in [4.78, 5) is 13.6. The molecule has 0 atom stereocenters. The average molecular weight is 257 g/mol. The molecule has 19 heavy (non-hydrogen) atoms. The maximum atomic E-state index is 13.5. The molecule has 2 aromatic carbocycles. The highest BCUT2D eigenvalue weighted by molar-refractivity contribution is 6.07. The predicted octanol–water partition coefficient (Wildman–Crippen LogP) is 2.21. The summed E-state index contributed by atoms with van der Waals surface area (Å²) in [6.07, 6.45) is 0.270. The highest BCUT2D eigenvalue weighted by atomic mass is 19.1. The normalized spacial score (nSPS) is 13.7. The Morgan fingerprint density at radius 1 is 1.11 bits per heavy atom. The van der Waals surface area contributed by atoms with Gasteiger partial charge < -0.3 is 11.5 Å². The lowest BCUT2D eigenvalue weighted by Gasteiger charge is -2.18. The molecule has 0 bridgehead atoms. The quantitative estimate of drug-likeness (QED) is 0.769. The van der Waals surface area contributed by atoms with E-state index in [0.717, 1.165) is 11.3 Å². The molecule has 2 aromatic rings. The zero-order valence-corrected chi connectivity index (χ0v) is 10.1. The predicted molar refractivity (Wildman–Crippen MR) is 72.5 cm³/mol. The smallest absolute Gasteiger partial charge is 0.236 e. The van der Waals surface area contributed by atoms with Gasteiger partial charge in [-0.1, -0.05) is 0 Å². The first-order valence-corrected chi connectivity index (χ1v) is 5.82. The lowest BCUT2D eigenvalue weighted by atomic mass is 10.1. The fourth-order valence-corrected chi connectivity index (χ4v) is 2.28. The van der Waals surface area contributed by atoms with Crippen LogP contribution in [0, 0.1) is 5.82 Å². The number of hydrogen-bond acceptors (Lipinski definition) is 3. The minimum Gasteiger partial charge on any atom is -0.399 e. The second-order valence-corrected chi connectivity index (χ2v) is 4.50. The molecule has 0 unspecified atom stereocenters. The summed E-state index contributed by atoms with van der Waals surface area (Å²) in [5, 5.41) is 0. The molecule has 0 saturated carbocycles. The summed E-state index contributed by atoms with van der Waals surface area (Å²) < 4.78 is 13.5. The number of halogens is 1. The van der Waals surface area contributed by atoms with Crippen LogP contribution < -0.4 is 16.4 Å². The highest BCUT2D eigenvalue weighted by Gasteiger charge is 2.28. The number of nitrogens with two attached hydrogens (primary N) is 2. The van der Waals surface area contributed by atoms with Crippen molar-refractivity contribution in [3.05, 3.63) is 47.8 Å². The van der Waals surface area contributed by atoms with E-state index < -0.39 is 5.82 Å². The van der Waals surface area contributed by atoms with Gasteiger partial charge in [-0.3, -0.25) is 9.69 Å². The van der Waals surface area contributed by atoms with Gasteiger partial charge in [-0.05, 0) is 35.9 Å². The number of amides is 1. The molecule has 1 amide bonds. The number of nitrogen functional groups attached to an aromatic ring is 2. The van der Waals surface area contributed by atoms with Crippen molar-refractivity contribution in [1.29, 1.82) is 0 Å². The van der Waals surface area contributed by atoms with Crippen molar-refractivity contribution in [3.63, 3.8) is 0 Å². The lowest BCUT2D eigenvalue weighted by Crippen LogP contribution is -2.20. The van der Waals surface area contributed by atoms with E-state index in [2.05, 4.69) is 0 Å². The highest BCUT2D eigenvalue weighted by Crippen LogP contribution is 2.37. The number of rotatable bonds is 1. The number of anilines is 4. The molecule has 5 heteroatoms. The summed E-state index contributed by atoms with van der Waals surface area (Å²) >= 11 is 0. The summed E-state index contributed by atoms with van der Waals surface area (Å²) in [7, 11) is 0. The summed E-state index contributed by atoms with van der Waals surface area (Å²) in [6, 6.07) is 9.59. The van der Waals surface area contributed by atoms with Crippen molar-refractivity contribution >= 4 is 28.7 Å². The Labute approximate surface area is 109 Å². The van der Waals surface area contributed by atoms with Gasteiger partial charge in [-0.15, -0.1) is 0 Å². The molecule has 96 valence electrons. The average Bonchev–Trinajstić information content (AvgIpc) is 2.68. The van der Waals surface area contributed by atoms with Gasteiger partial charge in [0.25, 0.3) is 0 Å². The standard InChI is InChI=1S/C14H12FN3O/c15-11-7-10(2-3-12(11)17)18-13-4-1-9(16)5-8(13)6-14(18)19/h1-5,7H,6,16-17H2. The first kappa shape index (κ1) is 11.5. The molecule has 0 aromatic heterocycles. The van der Waals surface area contributed by atoms with Crippen LogP contribution in [0.4, 0.5) is 27.1 Å². The van der Waals surface area contributed by atoms with Crippen LogP contribution in [-0.4, -0.2) is 5.91 Å². The van der Waals surface area contributed by atoms with Gasteiger partial charge in [0.2, 0.25) is 5.91 Å². The number of nitrogens with zero attached hydrogens (tertiary/aromatic N) is 1. The molecule has 1 aliphatic heterocycles. The Bertz CT molecular complexity index is 684. The number of hydrogen-bond donors (Lipinski definition) is 2. The van der Waals surface area contributed by atoms with Crippen molar-refractivity contribution in [3.8, 4) is 0 Å². The van der Waals surface area contributed by atoms with E-state index in [-0.39, 0.29) is 18.0 Å². The van der Waals surface area contributed by atoms with Crippen LogP contribution in [0.3, 0.4) is 0 Å². The number of fused-ring (bicyclic) bond motifs is 1. The van der Waals surface area contributed by atoms with Crippen molar-refractivity contribution in [2.45, 2.75) is 6.42 Å². The zero-order valence-electron chi connectivity index (χ0n) is 10.1. The van der Waals surface area contributed by atoms with Crippen molar-refractivity contribution in [2.24, 2.45) is 0 Å². The number of benzene rings is 2. The van der Waals surface area contributed by atoms with Crippen LogP contribution >= 0.6 is 0 Å². The van der Waals surface area contributed by atoms with E-state index in [1.165, 1.54) is 17.0 Å². The van der Waals surface area contributed by atoms with Crippen LogP contribution in [0.25, 0.3) is 0 Å². The van der Waals surface area contributed by atoms with Crippen LogP contribution in [-0.2, 0) is 11.2 Å². The van der Waals surface area contributed by atoms with Gasteiger partial charge in [-0.2, -0.15) is 0 Å². The molecule has 0 radical (unpaired) electrons. The first-order valence-electron chi connectivity index (χ1n) is 5.82. The molecule has 0 spiro atoms. The van der Waals surface area contributed by atoms with Gasteiger partial charge >= 0.3 is 0 Å². The number of carbonyl (C=O) groups excluding carboxylic acids is 1. The molecule has 4 N–H and O–H groups in total. The Kier molecular flexibility index (Phi) is 2.41. The first-order chi connectivity index (χ1) is 9.06. The van der Waals surface area contributed by atoms with E-state index >= 15 is 0 Å². The maximum absolute atomic E-state index is 13.5. The van der Waals surface area contributed by atoms with Crippen LogP contribution in [0.1, 0.15) is 5.56 Å². The van der Waals surface area contributed by atoms with E-state index in [1.54, 1.807) is 24.3 Å². The van der Waals surface area contributed by atoms with E-state index in [4.69, 9.17) is 11.5 Å². The monoisotopic (exact) mass is 257 g/mol. The van der Waals surface area contributed by atoms with E-state index in [9.17, 15) is 9.18 Å². The molecule has 1 heterocycles. The summed E-state index contributed by atoms with van der Waals surface area (Å²) in [5.41, 5.74) is 13.9. The zero-order chi connectivity index (χ0) is 13.6. The van der Waals surface area contributed by atoms with Gasteiger partial charge in [0.1, 0.15) is 5.82 Å². The van der Waals surface area contributed by atoms with Crippen molar-refractivity contribution in [1.82, 2.24) is 0 Å². The molecule has 0 fully saturated rings. The van der Waals surface area contributed by atoms with Gasteiger partial charge in [0, 0.05) is 11.8 Å². The second kappa shape index (κ2) is 3.98. The topological polar surface area (TPSA) is 72.4 Å². The Hall–Kier alpha value is -2.56.